The number of rotatable bonds is 9. The first-order valence-electron chi connectivity index (χ1n) is 9.73. The van der Waals surface area contributed by atoms with Crippen molar-refractivity contribution in [3.05, 3.63) is 63.4 Å². The summed E-state index contributed by atoms with van der Waals surface area (Å²) in [6.45, 7) is 5.51. The topological polar surface area (TPSA) is 58.6 Å². The van der Waals surface area contributed by atoms with Gasteiger partial charge in [0.1, 0.15) is 11.6 Å². The van der Waals surface area contributed by atoms with E-state index in [9.17, 15) is 14.0 Å². The third-order valence-electron chi connectivity index (χ3n) is 4.90. The molecule has 0 saturated carbocycles. The number of carbonyl (C=O) groups is 2. The van der Waals surface area contributed by atoms with Crippen molar-refractivity contribution in [1.82, 2.24) is 10.2 Å². The second-order valence-electron chi connectivity index (χ2n) is 7.00. The van der Waals surface area contributed by atoms with Crippen molar-refractivity contribution in [2.24, 2.45) is 0 Å². The first-order valence-corrected chi connectivity index (χ1v) is 10.5. The maximum atomic E-state index is 13.9. The van der Waals surface area contributed by atoms with Gasteiger partial charge in [0.15, 0.2) is 0 Å². The largest absolute Gasteiger partial charge is 0.490 e. The Morgan fingerprint density at radius 2 is 1.79 bits per heavy atom. The zero-order chi connectivity index (χ0) is 21.0. The highest BCUT2D eigenvalue weighted by molar-refractivity contribution is 9.10. The number of nitrogens with zero attached hydrogens (tertiary/aromatic N) is 1. The maximum Gasteiger partial charge on any atom is 0.261 e. The number of hydrogen-bond acceptors (Lipinski definition) is 4. The lowest BCUT2D eigenvalue weighted by Crippen LogP contribution is -2.31. The molecular formula is C22H24BrFN2O3. The van der Waals surface area contributed by atoms with Crippen LogP contribution in [0.4, 0.5) is 4.39 Å². The highest BCUT2D eigenvalue weighted by atomic mass is 79.9. The summed E-state index contributed by atoms with van der Waals surface area (Å²) in [6, 6.07) is 9.89. The second kappa shape index (κ2) is 9.50. The van der Waals surface area contributed by atoms with Gasteiger partial charge in [0.2, 0.25) is 0 Å². The molecule has 2 amide bonds. The van der Waals surface area contributed by atoms with Crippen molar-refractivity contribution >= 4 is 27.7 Å². The standard InChI is InChI=1S/C22H24BrFN2O3/c1-3-25-13-17-19(11-10-18(24)20(17)23)29-14(2)7-6-12-26-21(27)15-8-4-5-9-16(15)22(26)28/h4-5,8-11,14,25H,3,6-7,12-13H2,1-2H3. The molecule has 0 radical (unpaired) electrons. The minimum Gasteiger partial charge on any atom is -0.490 e. The van der Waals surface area contributed by atoms with Crippen LogP contribution in [0.3, 0.4) is 0 Å². The summed E-state index contributed by atoms with van der Waals surface area (Å²) in [5, 5.41) is 3.19. The molecule has 0 spiro atoms. The molecule has 1 heterocycles. The molecule has 2 aromatic rings. The van der Waals surface area contributed by atoms with Crippen LogP contribution in [-0.2, 0) is 6.54 Å². The fourth-order valence-corrected chi connectivity index (χ4v) is 3.82. The average molecular weight is 463 g/mol. The molecule has 7 heteroatoms. The van der Waals surface area contributed by atoms with Crippen molar-refractivity contribution < 1.29 is 18.7 Å². The predicted molar refractivity (Wildman–Crippen MR) is 113 cm³/mol. The number of fused-ring (bicyclic) bond motifs is 1. The molecule has 0 aromatic heterocycles. The molecule has 0 bridgehead atoms. The van der Waals surface area contributed by atoms with E-state index in [4.69, 9.17) is 4.74 Å². The van der Waals surface area contributed by atoms with Crippen LogP contribution in [0.5, 0.6) is 5.75 Å². The summed E-state index contributed by atoms with van der Waals surface area (Å²) in [7, 11) is 0. The van der Waals surface area contributed by atoms with Gasteiger partial charge in [-0.05, 0) is 66.5 Å². The van der Waals surface area contributed by atoms with Crippen molar-refractivity contribution in [2.45, 2.75) is 39.3 Å². The maximum absolute atomic E-state index is 13.9. The Hall–Kier alpha value is -2.25. The van der Waals surface area contributed by atoms with Crippen LogP contribution in [0.15, 0.2) is 40.9 Å². The van der Waals surface area contributed by atoms with Gasteiger partial charge < -0.3 is 10.1 Å². The zero-order valence-corrected chi connectivity index (χ0v) is 18.1. The van der Waals surface area contributed by atoms with Crippen LogP contribution >= 0.6 is 15.9 Å². The van der Waals surface area contributed by atoms with Crippen LogP contribution in [0.2, 0.25) is 0 Å². The molecule has 0 aliphatic carbocycles. The quantitative estimate of drug-likeness (QED) is 0.555. The van der Waals surface area contributed by atoms with Crippen LogP contribution in [0.1, 0.15) is 53.0 Å². The van der Waals surface area contributed by atoms with E-state index in [-0.39, 0.29) is 23.7 Å². The smallest absolute Gasteiger partial charge is 0.261 e. The molecule has 1 N–H and O–H groups in total. The highest BCUT2D eigenvalue weighted by Gasteiger charge is 2.34. The van der Waals surface area contributed by atoms with Crippen LogP contribution in [-0.4, -0.2) is 35.9 Å². The lowest BCUT2D eigenvalue weighted by molar-refractivity contribution is 0.0645. The van der Waals surface area contributed by atoms with Crippen LogP contribution < -0.4 is 10.1 Å². The first kappa shape index (κ1) is 21.5. The molecule has 29 heavy (non-hydrogen) atoms. The third-order valence-corrected chi connectivity index (χ3v) is 5.76. The zero-order valence-electron chi connectivity index (χ0n) is 16.5. The van der Waals surface area contributed by atoms with E-state index in [0.717, 1.165) is 12.1 Å². The van der Waals surface area contributed by atoms with Crippen LogP contribution in [0.25, 0.3) is 0 Å². The third kappa shape index (κ3) is 4.67. The summed E-state index contributed by atoms with van der Waals surface area (Å²) in [6.07, 6.45) is 1.13. The molecule has 1 aliphatic heterocycles. The molecule has 0 fully saturated rings. The monoisotopic (exact) mass is 462 g/mol. The Balaban J connectivity index is 1.57. The lowest BCUT2D eigenvalue weighted by Gasteiger charge is -2.20. The molecule has 1 unspecified atom stereocenters. The molecule has 3 rings (SSSR count). The first-order chi connectivity index (χ1) is 13.9. The van der Waals surface area contributed by atoms with E-state index in [1.54, 1.807) is 30.3 Å². The number of carbonyl (C=O) groups excluding carboxylic acids is 2. The van der Waals surface area contributed by atoms with Gasteiger partial charge in [-0.2, -0.15) is 0 Å². The van der Waals surface area contributed by atoms with Gasteiger partial charge in [0.25, 0.3) is 11.8 Å². The minimum absolute atomic E-state index is 0.150. The number of benzene rings is 2. The van der Waals surface area contributed by atoms with E-state index >= 15 is 0 Å². The summed E-state index contributed by atoms with van der Waals surface area (Å²) in [5.74, 6) is -0.194. The summed E-state index contributed by atoms with van der Waals surface area (Å²) in [5.41, 5.74) is 1.66. The molecule has 0 saturated heterocycles. The fourth-order valence-electron chi connectivity index (χ4n) is 3.35. The average Bonchev–Trinajstić information content (AvgIpc) is 2.95. The van der Waals surface area contributed by atoms with Crippen molar-refractivity contribution in [3.8, 4) is 5.75 Å². The number of amides is 2. The highest BCUT2D eigenvalue weighted by Crippen LogP contribution is 2.31. The predicted octanol–water partition coefficient (Wildman–Crippen LogP) is 4.54. The fraction of sp³-hybridized carbons (Fsp3) is 0.364. The van der Waals surface area contributed by atoms with Crippen LogP contribution in [0, 0.1) is 5.82 Å². The summed E-state index contributed by atoms with van der Waals surface area (Å²) in [4.78, 5) is 26.1. The van der Waals surface area contributed by atoms with E-state index in [2.05, 4.69) is 21.2 Å². The molecule has 1 atom stereocenters. The number of nitrogens with one attached hydrogen (secondary N) is 1. The summed E-state index contributed by atoms with van der Waals surface area (Å²) >= 11 is 3.30. The van der Waals surface area contributed by atoms with E-state index in [0.29, 0.717) is 47.3 Å². The normalized spacial score (nSPS) is 14.3. The van der Waals surface area contributed by atoms with Gasteiger partial charge >= 0.3 is 0 Å². The molecular weight excluding hydrogens is 439 g/mol. The van der Waals surface area contributed by atoms with E-state index in [1.165, 1.54) is 11.0 Å². The molecule has 5 nitrogen and oxygen atoms in total. The molecule has 2 aromatic carbocycles. The van der Waals surface area contributed by atoms with Gasteiger partial charge in [-0.3, -0.25) is 14.5 Å². The second-order valence-corrected chi connectivity index (χ2v) is 7.79. The van der Waals surface area contributed by atoms with Crippen molar-refractivity contribution in [3.63, 3.8) is 0 Å². The van der Waals surface area contributed by atoms with Crippen molar-refractivity contribution in [2.75, 3.05) is 13.1 Å². The Labute approximate surface area is 178 Å². The lowest BCUT2D eigenvalue weighted by atomic mass is 10.1. The van der Waals surface area contributed by atoms with E-state index < -0.39 is 0 Å². The van der Waals surface area contributed by atoms with Gasteiger partial charge in [-0.15, -0.1) is 0 Å². The molecule has 1 aliphatic rings. The molecule has 154 valence electrons. The van der Waals surface area contributed by atoms with Gasteiger partial charge in [-0.25, -0.2) is 4.39 Å². The van der Waals surface area contributed by atoms with Gasteiger partial charge in [0.05, 0.1) is 21.7 Å². The number of imide groups is 1. The number of halogens is 2. The Kier molecular flexibility index (Phi) is 7.03. The summed E-state index contributed by atoms with van der Waals surface area (Å²) < 4.78 is 20.3. The Morgan fingerprint density at radius 1 is 1.14 bits per heavy atom. The van der Waals surface area contributed by atoms with Gasteiger partial charge in [-0.1, -0.05) is 19.1 Å². The van der Waals surface area contributed by atoms with Crippen molar-refractivity contribution in [1.29, 1.82) is 0 Å². The van der Waals surface area contributed by atoms with Gasteiger partial charge in [0, 0.05) is 18.7 Å². The number of ether oxygens (including phenoxy) is 1. The Morgan fingerprint density at radius 3 is 2.41 bits per heavy atom. The SMILES string of the molecule is CCNCc1c(OC(C)CCCN2C(=O)c3ccccc3C2=O)ccc(F)c1Br. The number of hydrogen-bond donors (Lipinski definition) is 1. The van der Waals surface area contributed by atoms with E-state index in [1.807, 2.05) is 13.8 Å². The Bertz CT molecular complexity index is 884. The minimum atomic E-state index is -0.330.